The molecule has 3 aromatic rings. The molecule has 0 bridgehead atoms. The lowest BCUT2D eigenvalue weighted by atomic mass is 9.84. The van der Waals surface area contributed by atoms with Crippen molar-refractivity contribution in [2.45, 2.75) is 65.7 Å². The second-order valence-electron chi connectivity index (χ2n) is 9.36. The van der Waals surface area contributed by atoms with Crippen molar-refractivity contribution in [1.82, 2.24) is 0 Å². The zero-order valence-corrected chi connectivity index (χ0v) is 19.3. The zero-order valence-electron chi connectivity index (χ0n) is 19.3. The Labute approximate surface area is 183 Å². The first-order valence-corrected chi connectivity index (χ1v) is 11.4. The molecule has 2 atom stereocenters. The lowest BCUT2D eigenvalue weighted by molar-refractivity contribution is 0.480. The van der Waals surface area contributed by atoms with E-state index in [1.54, 1.807) is 0 Å². The summed E-state index contributed by atoms with van der Waals surface area (Å²) >= 11 is 0. The average molecular weight is 400 g/mol. The fourth-order valence-electron chi connectivity index (χ4n) is 4.30. The molecule has 0 amide bonds. The minimum Gasteiger partial charge on any atom is -0.398 e. The quantitative estimate of drug-likeness (QED) is 0.380. The van der Waals surface area contributed by atoms with E-state index in [0.29, 0.717) is 17.8 Å². The fourth-order valence-corrected chi connectivity index (χ4v) is 4.30. The van der Waals surface area contributed by atoms with Crippen molar-refractivity contribution < 1.29 is 0 Å². The van der Waals surface area contributed by atoms with E-state index in [-0.39, 0.29) is 0 Å². The summed E-state index contributed by atoms with van der Waals surface area (Å²) in [6.45, 7) is 11.3. The number of hydrogen-bond donors (Lipinski definition) is 1. The highest BCUT2D eigenvalue weighted by Gasteiger charge is 2.17. The van der Waals surface area contributed by atoms with Crippen LogP contribution in [0.25, 0.3) is 11.1 Å². The van der Waals surface area contributed by atoms with Crippen molar-refractivity contribution in [2.24, 2.45) is 5.92 Å². The van der Waals surface area contributed by atoms with Crippen molar-refractivity contribution in [3.8, 4) is 11.1 Å². The van der Waals surface area contributed by atoms with Crippen LogP contribution < -0.4 is 5.73 Å². The molecule has 1 heteroatoms. The fraction of sp³-hybridized carbons (Fsp3) is 0.379. The maximum absolute atomic E-state index is 6.68. The van der Waals surface area contributed by atoms with Crippen LogP contribution in [0, 0.1) is 12.8 Å². The predicted octanol–water partition coefficient (Wildman–Crippen LogP) is 8.13. The van der Waals surface area contributed by atoms with Crippen LogP contribution in [0.15, 0.2) is 66.7 Å². The van der Waals surface area contributed by atoms with Gasteiger partial charge in [0.05, 0.1) is 0 Å². The lowest BCUT2D eigenvalue weighted by Crippen LogP contribution is -2.07. The highest BCUT2D eigenvalue weighted by Crippen LogP contribution is 2.37. The topological polar surface area (TPSA) is 26.0 Å². The first kappa shape index (κ1) is 22.2. The molecule has 0 aromatic heterocycles. The molecule has 30 heavy (non-hydrogen) atoms. The molecule has 0 aliphatic heterocycles. The minimum absolute atomic E-state index is 0.417. The smallest absolute Gasteiger partial charge is 0.0384 e. The van der Waals surface area contributed by atoms with E-state index in [9.17, 15) is 0 Å². The van der Waals surface area contributed by atoms with Crippen LogP contribution in [-0.4, -0.2) is 0 Å². The molecule has 2 N–H and O–H groups in total. The van der Waals surface area contributed by atoms with Gasteiger partial charge in [-0.1, -0.05) is 87.9 Å². The number of rotatable bonds is 8. The summed E-state index contributed by atoms with van der Waals surface area (Å²) in [5, 5.41) is 0. The molecule has 0 heterocycles. The summed E-state index contributed by atoms with van der Waals surface area (Å²) in [7, 11) is 0. The summed E-state index contributed by atoms with van der Waals surface area (Å²) in [6, 6.07) is 24.2. The molecular formula is C29H37N. The molecule has 0 aliphatic carbocycles. The molecule has 0 fully saturated rings. The van der Waals surface area contributed by atoms with Crippen molar-refractivity contribution in [1.29, 1.82) is 0 Å². The SMILES string of the molecule is Cc1ccc(CC(C)CCC(C)c2cc(-c3ccccc3)cc(C(C)C)c2N)cc1. The highest BCUT2D eigenvalue weighted by atomic mass is 14.6. The summed E-state index contributed by atoms with van der Waals surface area (Å²) in [5.74, 6) is 1.53. The van der Waals surface area contributed by atoms with E-state index in [1.807, 2.05) is 0 Å². The second-order valence-corrected chi connectivity index (χ2v) is 9.36. The molecule has 1 nitrogen and oxygen atoms in total. The Morgan fingerprint density at radius 3 is 2.00 bits per heavy atom. The third kappa shape index (κ3) is 5.53. The van der Waals surface area contributed by atoms with Gasteiger partial charge in [-0.3, -0.25) is 0 Å². The molecular weight excluding hydrogens is 362 g/mol. The van der Waals surface area contributed by atoms with Crippen LogP contribution in [0.1, 0.15) is 74.6 Å². The molecule has 0 spiro atoms. The van der Waals surface area contributed by atoms with Gasteiger partial charge >= 0.3 is 0 Å². The van der Waals surface area contributed by atoms with Crippen molar-refractivity contribution >= 4 is 5.69 Å². The number of nitrogen functional groups attached to an aromatic ring is 1. The van der Waals surface area contributed by atoms with Gasteiger partial charge in [0.2, 0.25) is 0 Å². The van der Waals surface area contributed by atoms with Crippen molar-refractivity contribution in [3.63, 3.8) is 0 Å². The van der Waals surface area contributed by atoms with E-state index in [0.717, 1.165) is 18.5 Å². The molecule has 0 saturated heterocycles. The van der Waals surface area contributed by atoms with E-state index >= 15 is 0 Å². The van der Waals surface area contributed by atoms with Crippen LogP contribution in [0.4, 0.5) is 5.69 Å². The van der Waals surface area contributed by atoms with E-state index in [1.165, 1.54) is 39.8 Å². The van der Waals surface area contributed by atoms with Crippen LogP contribution >= 0.6 is 0 Å². The van der Waals surface area contributed by atoms with Crippen molar-refractivity contribution in [3.05, 3.63) is 89.0 Å². The molecule has 0 saturated carbocycles. The van der Waals surface area contributed by atoms with Gasteiger partial charge in [0.15, 0.2) is 0 Å². The zero-order chi connectivity index (χ0) is 21.7. The Morgan fingerprint density at radius 1 is 0.733 bits per heavy atom. The van der Waals surface area contributed by atoms with Crippen molar-refractivity contribution in [2.75, 3.05) is 5.73 Å². The first-order chi connectivity index (χ1) is 14.3. The van der Waals surface area contributed by atoms with Crippen LogP contribution in [0.2, 0.25) is 0 Å². The highest BCUT2D eigenvalue weighted by molar-refractivity contribution is 5.71. The first-order valence-electron chi connectivity index (χ1n) is 11.4. The number of aryl methyl sites for hydroxylation is 1. The third-order valence-corrected chi connectivity index (χ3v) is 6.30. The number of benzene rings is 3. The summed E-state index contributed by atoms with van der Waals surface area (Å²) in [5.41, 5.74) is 15.6. The molecule has 158 valence electrons. The summed E-state index contributed by atoms with van der Waals surface area (Å²) in [4.78, 5) is 0. The second kappa shape index (κ2) is 9.98. The number of nitrogens with two attached hydrogens (primary N) is 1. The number of hydrogen-bond acceptors (Lipinski definition) is 1. The van der Waals surface area contributed by atoms with Crippen LogP contribution in [0.3, 0.4) is 0 Å². The Bertz CT molecular complexity index is 938. The van der Waals surface area contributed by atoms with E-state index in [4.69, 9.17) is 5.73 Å². The normalized spacial score (nSPS) is 13.4. The van der Waals surface area contributed by atoms with E-state index in [2.05, 4.69) is 101 Å². The maximum atomic E-state index is 6.68. The van der Waals surface area contributed by atoms with Gasteiger partial charge in [0.25, 0.3) is 0 Å². The largest absolute Gasteiger partial charge is 0.398 e. The Kier molecular flexibility index (Phi) is 7.37. The van der Waals surface area contributed by atoms with Gasteiger partial charge in [-0.05, 0) is 83.9 Å². The van der Waals surface area contributed by atoms with Gasteiger partial charge in [-0.15, -0.1) is 0 Å². The van der Waals surface area contributed by atoms with Gasteiger partial charge in [0.1, 0.15) is 0 Å². The summed E-state index contributed by atoms with van der Waals surface area (Å²) in [6.07, 6.45) is 3.51. The van der Waals surface area contributed by atoms with Gasteiger partial charge in [-0.25, -0.2) is 0 Å². The third-order valence-electron chi connectivity index (χ3n) is 6.30. The van der Waals surface area contributed by atoms with Crippen LogP contribution in [0.5, 0.6) is 0 Å². The van der Waals surface area contributed by atoms with Crippen LogP contribution in [-0.2, 0) is 6.42 Å². The molecule has 3 rings (SSSR count). The Balaban J connectivity index is 1.76. The van der Waals surface area contributed by atoms with Gasteiger partial charge < -0.3 is 5.73 Å². The lowest BCUT2D eigenvalue weighted by Gasteiger charge is -2.22. The summed E-state index contributed by atoms with van der Waals surface area (Å²) < 4.78 is 0. The molecule has 3 aromatic carbocycles. The maximum Gasteiger partial charge on any atom is 0.0384 e. The van der Waals surface area contributed by atoms with E-state index < -0.39 is 0 Å². The average Bonchev–Trinajstić information content (AvgIpc) is 2.74. The molecule has 2 unspecified atom stereocenters. The monoisotopic (exact) mass is 399 g/mol. The van der Waals surface area contributed by atoms with Gasteiger partial charge in [0, 0.05) is 5.69 Å². The Morgan fingerprint density at radius 2 is 1.37 bits per heavy atom. The predicted molar refractivity (Wildman–Crippen MR) is 132 cm³/mol. The molecule has 0 aliphatic rings. The number of anilines is 1. The standard InChI is InChI=1S/C29H37N/c1-20(2)27-18-26(25-9-7-6-8-10-25)19-28(29(27)30)23(5)14-11-22(4)17-24-15-12-21(3)13-16-24/h6-10,12-13,15-16,18-20,22-23H,11,14,17,30H2,1-5H3. The minimum atomic E-state index is 0.417. The molecule has 0 radical (unpaired) electrons. The van der Waals surface area contributed by atoms with Gasteiger partial charge in [-0.2, -0.15) is 0 Å². The Hall–Kier alpha value is -2.54.